The average molecular weight is 171 g/mol. The molecule has 0 amide bonds. The van der Waals surface area contributed by atoms with Gasteiger partial charge in [0.25, 0.3) is 0 Å². The van der Waals surface area contributed by atoms with E-state index in [0.717, 1.165) is 17.9 Å². The van der Waals surface area contributed by atoms with Gasteiger partial charge < -0.3 is 0 Å². The highest BCUT2D eigenvalue weighted by molar-refractivity contribution is 7.10. The maximum Gasteiger partial charge on any atom is 0.0515 e. The van der Waals surface area contributed by atoms with Crippen molar-refractivity contribution >= 4 is 22.9 Å². The van der Waals surface area contributed by atoms with E-state index in [1.54, 1.807) is 11.3 Å². The minimum Gasteiger partial charge on any atom is -0.147 e. The Bertz CT molecular complexity index is 244. The quantitative estimate of drug-likeness (QED) is 0.599. The van der Waals surface area contributed by atoms with Gasteiger partial charge in [0.15, 0.2) is 0 Å². The minimum atomic E-state index is 0.802. The van der Waals surface area contributed by atoms with Crippen molar-refractivity contribution in [3.05, 3.63) is 21.3 Å². The summed E-state index contributed by atoms with van der Waals surface area (Å²) in [5, 5.41) is 2.74. The molecule has 1 rings (SSSR count). The molecular formula is C8H7ClS. The monoisotopic (exact) mass is 170 g/mol. The summed E-state index contributed by atoms with van der Waals surface area (Å²) in [6, 6.07) is 1.96. The zero-order chi connectivity index (χ0) is 7.40. The molecule has 0 atom stereocenters. The molecule has 52 valence electrons. The summed E-state index contributed by atoms with van der Waals surface area (Å²) in [7, 11) is 0. The standard InChI is InChI=1S/C8H7ClS/c1-2-3-4-8-5-7(9)6-10-8/h1,5-6H,3-4H2. The van der Waals surface area contributed by atoms with Gasteiger partial charge >= 0.3 is 0 Å². The van der Waals surface area contributed by atoms with Gasteiger partial charge in [-0.1, -0.05) is 11.6 Å². The molecular weight excluding hydrogens is 164 g/mol. The van der Waals surface area contributed by atoms with Gasteiger partial charge in [-0.05, 0) is 12.5 Å². The van der Waals surface area contributed by atoms with Crippen molar-refractivity contribution in [2.45, 2.75) is 12.8 Å². The molecule has 0 aliphatic rings. The van der Waals surface area contributed by atoms with Crippen LogP contribution in [0.2, 0.25) is 5.02 Å². The highest BCUT2D eigenvalue weighted by atomic mass is 35.5. The Morgan fingerprint density at radius 1 is 1.70 bits per heavy atom. The van der Waals surface area contributed by atoms with Crippen LogP contribution in [0, 0.1) is 12.3 Å². The lowest BCUT2D eigenvalue weighted by molar-refractivity contribution is 1.06. The minimum absolute atomic E-state index is 0.802. The van der Waals surface area contributed by atoms with Crippen molar-refractivity contribution in [1.82, 2.24) is 0 Å². The van der Waals surface area contributed by atoms with Crippen LogP contribution in [0.4, 0.5) is 0 Å². The molecule has 0 N–H and O–H groups in total. The number of hydrogen-bond acceptors (Lipinski definition) is 1. The fraction of sp³-hybridized carbons (Fsp3) is 0.250. The summed E-state index contributed by atoms with van der Waals surface area (Å²) in [4.78, 5) is 1.27. The topological polar surface area (TPSA) is 0 Å². The molecule has 2 heteroatoms. The fourth-order valence-electron chi connectivity index (χ4n) is 0.680. The Balaban J connectivity index is 2.52. The van der Waals surface area contributed by atoms with Gasteiger partial charge in [-0.2, -0.15) is 0 Å². The lowest BCUT2D eigenvalue weighted by Crippen LogP contribution is -1.74. The number of rotatable bonds is 2. The van der Waals surface area contributed by atoms with E-state index in [1.165, 1.54) is 4.88 Å². The van der Waals surface area contributed by atoms with Crippen LogP contribution in [0.15, 0.2) is 11.4 Å². The molecule has 0 radical (unpaired) electrons. The fourth-order valence-corrected chi connectivity index (χ4v) is 1.76. The molecule has 1 heterocycles. The second-order valence-electron chi connectivity index (χ2n) is 1.94. The summed E-state index contributed by atoms with van der Waals surface area (Å²) in [5.41, 5.74) is 0. The SMILES string of the molecule is C#CCCc1cc(Cl)cs1. The molecule has 0 saturated heterocycles. The Kier molecular flexibility index (Phi) is 2.80. The second-order valence-corrected chi connectivity index (χ2v) is 3.37. The first kappa shape index (κ1) is 7.65. The number of aryl methyl sites for hydroxylation is 1. The zero-order valence-electron chi connectivity index (χ0n) is 5.43. The summed E-state index contributed by atoms with van der Waals surface area (Å²) >= 11 is 7.36. The maximum absolute atomic E-state index is 5.70. The third-order valence-electron chi connectivity index (χ3n) is 1.14. The summed E-state index contributed by atoms with van der Waals surface area (Å²) < 4.78 is 0. The van der Waals surface area contributed by atoms with Crippen molar-refractivity contribution in [1.29, 1.82) is 0 Å². The van der Waals surface area contributed by atoms with Crippen molar-refractivity contribution in [2.24, 2.45) is 0 Å². The van der Waals surface area contributed by atoms with Crippen LogP contribution in [-0.4, -0.2) is 0 Å². The molecule has 0 aliphatic heterocycles. The molecule has 0 fully saturated rings. The van der Waals surface area contributed by atoms with E-state index < -0.39 is 0 Å². The van der Waals surface area contributed by atoms with E-state index in [1.807, 2.05) is 11.4 Å². The molecule has 1 aromatic heterocycles. The second kappa shape index (κ2) is 3.65. The Morgan fingerprint density at radius 2 is 2.50 bits per heavy atom. The van der Waals surface area contributed by atoms with Gasteiger partial charge in [-0.25, -0.2) is 0 Å². The lowest BCUT2D eigenvalue weighted by atomic mass is 10.3. The number of halogens is 1. The summed E-state index contributed by atoms with van der Waals surface area (Å²) in [6.07, 6.45) is 6.86. The smallest absolute Gasteiger partial charge is 0.0515 e. The molecule has 0 saturated carbocycles. The van der Waals surface area contributed by atoms with Gasteiger partial charge in [0, 0.05) is 16.7 Å². The predicted octanol–water partition coefficient (Wildman–Crippen LogP) is 2.97. The summed E-state index contributed by atoms with van der Waals surface area (Å²) in [5.74, 6) is 2.59. The van der Waals surface area contributed by atoms with Gasteiger partial charge in [0.2, 0.25) is 0 Å². The first-order valence-electron chi connectivity index (χ1n) is 2.99. The lowest BCUT2D eigenvalue weighted by Gasteiger charge is -1.86. The molecule has 0 unspecified atom stereocenters. The van der Waals surface area contributed by atoms with E-state index in [-0.39, 0.29) is 0 Å². The molecule has 0 spiro atoms. The van der Waals surface area contributed by atoms with Crippen LogP contribution in [0.25, 0.3) is 0 Å². The van der Waals surface area contributed by atoms with Crippen LogP contribution in [0.5, 0.6) is 0 Å². The average Bonchev–Trinajstić information content (AvgIpc) is 2.31. The highest BCUT2D eigenvalue weighted by Gasteiger charge is 1.94. The van der Waals surface area contributed by atoms with E-state index in [9.17, 15) is 0 Å². The molecule has 0 aromatic carbocycles. The first-order valence-corrected chi connectivity index (χ1v) is 4.25. The number of hydrogen-bond donors (Lipinski definition) is 0. The highest BCUT2D eigenvalue weighted by Crippen LogP contribution is 2.19. The van der Waals surface area contributed by atoms with Gasteiger partial charge in [0.05, 0.1) is 5.02 Å². The van der Waals surface area contributed by atoms with Gasteiger partial charge in [-0.3, -0.25) is 0 Å². The third kappa shape index (κ3) is 2.06. The molecule has 0 aliphatic carbocycles. The van der Waals surface area contributed by atoms with E-state index >= 15 is 0 Å². The van der Waals surface area contributed by atoms with Crippen LogP contribution in [0.1, 0.15) is 11.3 Å². The first-order chi connectivity index (χ1) is 4.83. The Labute approximate surface area is 69.8 Å². The molecule has 10 heavy (non-hydrogen) atoms. The summed E-state index contributed by atoms with van der Waals surface area (Å²) in [6.45, 7) is 0. The molecule has 1 aromatic rings. The van der Waals surface area contributed by atoms with Gasteiger partial charge in [0.1, 0.15) is 0 Å². The third-order valence-corrected chi connectivity index (χ3v) is 2.48. The predicted molar refractivity (Wildman–Crippen MR) is 46.5 cm³/mol. The zero-order valence-corrected chi connectivity index (χ0v) is 7.00. The van der Waals surface area contributed by atoms with Crippen molar-refractivity contribution in [2.75, 3.05) is 0 Å². The largest absolute Gasteiger partial charge is 0.147 e. The van der Waals surface area contributed by atoms with Crippen molar-refractivity contribution in [3.63, 3.8) is 0 Å². The van der Waals surface area contributed by atoms with Crippen LogP contribution in [-0.2, 0) is 6.42 Å². The van der Waals surface area contributed by atoms with Crippen LogP contribution in [0.3, 0.4) is 0 Å². The van der Waals surface area contributed by atoms with Crippen LogP contribution >= 0.6 is 22.9 Å². The number of thiophene rings is 1. The molecule has 0 bridgehead atoms. The normalized spacial score (nSPS) is 9.20. The maximum atomic E-state index is 5.70. The van der Waals surface area contributed by atoms with Gasteiger partial charge in [-0.15, -0.1) is 23.7 Å². The van der Waals surface area contributed by atoms with E-state index in [4.69, 9.17) is 18.0 Å². The van der Waals surface area contributed by atoms with Crippen molar-refractivity contribution < 1.29 is 0 Å². The van der Waals surface area contributed by atoms with E-state index in [2.05, 4.69) is 5.92 Å². The van der Waals surface area contributed by atoms with Crippen molar-refractivity contribution in [3.8, 4) is 12.3 Å². The Hall–Kier alpha value is -0.450. The Morgan fingerprint density at radius 3 is 3.00 bits per heavy atom. The molecule has 0 nitrogen and oxygen atoms in total. The van der Waals surface area contributed by atoms with E-state index in [0.29, 0.717) is 0 Å². The van der Waals surface area contributed by atoms with Crippen LogP contribution < -0.4 is 0 Å². The number of terminal acetylenes is 1.